The molecule has 1 atom stereocenters. The van der Waals surface area contributed by atoms with E-state index in [1.165, 1.54) is 12.1 Å². The summed E-state index contributed by atoms with van der Waals surface area (Å²) in [5.74, 6) is -1.04. The van der Waals surface area contributed by atoms with Crippen LogP contribution in [0.3, 0.4) is 0 Å². The number of aryl methyl sites for hydroxylation is 1. The average Bonchev–Trinajstić information content (AvgIpc) is 2.36. The maximum Gasteiger partial charge on any atom is 0.244 e. The van der Waals surface area contributed by atoms with Gasteiger partial charge in [0.1, 0.15) is 11.9 Å². The molecule has 0 spiro atoms. The van der Waals surface area contributed by atoms with Gasteiger partial charge in [-0.25, -0.2) is 4.39 Å². The first-order valence-electron chi connectivity index (χ1n) is 6.05. The Labute approximate surface area is 121 Å². The molecule has 0 saturated carbocycles. The summed E-state index contributed by atoms with van der Waals surface area (Å²) >= 11 is 5.98. The van der Waals surface area contributed by atoms with Crippen LogP contribution in [0.1, 0.15) is 17.2 Å². The van der Waals surface area contributed by atoms with Crippen molar-refractivity contribution in [2.45, 2.75) is 13.0 Å². The lowest BCUT2D eigenvalue weighted by atomic mass is 10.1. The first kappa shape index (κ1) is 14.3. The lowest BCUT2D eigenvalue weighted by Crippen LogP contribution is -2.28. The number of benzene rings is 2. The molecule has 20 heavy (non-hydrogen) atoms. The number of primary amides is 1. The number of hydrogen-bond acceptors (Lipinski definition) is 2. The highest BCUT2D eigenvalue weighted by atomic mass is 35.5. The fourth-order valence-electron chi connectivity index (χ4n) is 1.94. The van der Waals surface area contributed by atoms with Gasteiger partial charge >= 0.3 is 0 Å². The van der Waals surface area contributed by atoms with Crippen molar-refractivity contribution in [3.05, 3.63) is 64.4 Å². The number of nitrogens with one attached hydrogen (secondary N) is 1. The summed E-state index contributed by atoms with van der Waals surface area (Å²) in [7, 11) is 0. The number of amides is 1. The normalized spacial score (nSPS) is 11.9. The summed E-state index contributed by atoms with van der Waals surface area (Å²) in [6, 6.07) is 10.5. The first-order valence-corrected chi connectivity index (χ1v) is 6.42. The zero-order valence-electron chi connectivity index (χ0n) is 10.9. The number of hydrogen-bond donors (Lipinski definition) is 2. The fraction of sp³-hybridized carbons (Fsp3) is 0.133. The van der Waals surface area contributed by atoms with E-state index in [9.17, 15) is 9.18 Å². The molecule has 0 radical (unpaired) electrons. The van der Waals surface area contributed by atoms with E-state index in [1.54, 1.807) is 0 Å². The number of nitrogens with two attached hydrogens (primary N) is 1. The smallest absolute Gasteiger partial charge is 0.244 e. The Hall–Kier alpha value is -2.07. The van der Waals surface area contributed by atoms with Crippen molar-refractivity contribution in [1.29, 1.82) is 0 Å². The molecule has 2 rings (SSSR count). The molecule has 3 nitrogen and oxygen atoms in total. The van der Waals surface area contributed by atoms with Crippen molar-refractivity contribution in [3.8, 4) is 0 Å². The van der Waals surface area contributed by atoms with Gasteiger partial charge in [-0.15, -0.1) is 0 Å². The van der Waals surface area contributed by atoms with Gasteiger partial charge in [0.15, 0.2) is 0 Å². The second-order valence-electron chi connectivity index (χ2n) is 4.52. The summed E-state index contributed by atoms with van der Waals surface area (Å²) in [5.41, 5.74) is 7.64. The van der Waals surface area contributed by atoms with Crippen molar-refractivity contribution in [1.82, 2.24) is 0 Å². The molecule has 0 aromatic heterocycles. The molecule has 2 aromatic rings. The number of carbonyl (C=O) groups excluding carboxylic acids is 1. The lowest BCUT2D eigenvalue weighted by Gasteiger charge is -2.18. The lowest BCUT2D eigenvalue weighted by molar-refractivity contribution is -0.118. The highest BCUT2D eigenvalue weighted by molar-refractivity contribution is 6.31. The van der Waals surface area contributed by atoms with Gasteiger partial charge in [0.05, 0.1) is 0 Å². The number of rotatable bonds is 4. The van der Waals surface area contributed by atoms with Crippen molar-refractivity contribution in [2.75, 3.05) is 5.32 Å². The molecule has 0 aliphatic rings. The SMILES string of the molecule is Cc1cccc(NC(C(N)=O)c2ccc(F)cc2Cl)c1. The van der Waals surface area contributed by atoms with E-state index in [0.717, 1.165) is 17.3 Å². The minimum Gasteiger partial charge on any atom is -0.370 e. The summed E-state index contributed by atoms with van der Waals surface area (Å²) in [4.78, 5) is 11.6. The minimum absolute atomic E-state index is 0.161. The van der Waals surface area contributed by atoms with Crippen LogP contribution in [0.5, 0.6) is 0 Å². The Morgan fingerprint density at radius 1 is 1.30 bits per heavy atom. The van der Waals surface area contributed by atoms with Gasteiger partial charge in [-0.05, 0) is 36.8 Å². The molecule has 0 aliphatic heterocycles. The molecular weight excluding hydrogens is 279 g/mol. The highest BCUT2D eigenvalue weighted by Crippen LogP contribution is 2.27. The van der Waals surface area contributed by atoms with E-state index in [2.05, 4.69) is 5.32 Å². The predicted octanol–water partition coefficient (Wildman–Crippen LogP) is 3.43. The van der Waals surface area contributed by atoms with Gasteiger partial charge < -0.3 is 11.1 Å². The highest BCUT2D eigenvalue weighted by Gasteiger charge is 2.20. The molecule has 5 heteroatoms. The summed E-state index contributed by atoms with van der Waals surface area (Å²) in [6.07, 6.45) is 0. The minimum atomic E-state index is -0.815. The van der Waals surface area contributed by atoms with Crippen LogP contribution in [0, 0.1) is 12.7 Å². The molecule has 2 aromatic carbocycles. The van der Waals surface area contributed by atoms with Crippen LogP contribution in [0.4, 0.5) is 10.1 Å². The van der Waals surface area contributed by atoms with E-state index >= 15 is 0 Å². The number of halogens is 2. The Bertz CT molecular complexity index is 646. The molecule has 1 unspecified atom stereocenters. The van der Waals surface area contributed by atoms with Gasteiger partial charge in [0.25, 0.3) is 0 Å². The third-order valence-corrected chi connectivity index (χ3v) is 3.21. The maximum atomic E-state index is 13.1. The van der Waals surface area contributed by atoms with Crippen molar-refractivity contribution >= 4 is 23.2 Å². The van der Waals surface area contributed by atoms with Gasteiger partial charge in [0.2, 0.25) is 5.91 Å². The zero-order valence-corrected chi connectivity index (χ0v) is 11.6. The van der Waals surface area contributed by atoms with Gasteiger partial charge in [-0.1, -0.05) is 29.8 Å². The predicted molar refractivity (Wildman–Crippen MR) is 78.1 cm³/mol. The van der Waals surface area contributed by atoms with Crippen LogP contribution < -0.4 is 11.1 Å². The van der Waals surface area contributed by atoms with Gasteiger partial charge in [-0.2, -0.15) is 0 Å². The van der Waals surface area contributed by atoms with Gasteiger partial charge in [-0.3, -0.25) is 4.79 Å². The largest absolute Gasteiger partial charge is 0.370 e. The van der Waals surface area contributed by atoms with Crippen LogP contribution in [0.25, 0.3) is 0 Å². The molecule has 0 aliphatic carbocycles. The number of carbonyl (C=O) groups is 1. The van der Waals surface area contributed by atoms with Crippen molar-refractivity contribution < 1.29 is 9.18 Å². The van der Waals surface area contributed by atoms with Crippen LogP contribution in [0.15, 0.2) is 42.5 Å². The van der Waals surface area contributed by atoms with E-state index in [4.69, 9.17) is 17.3 Å². The fourth-order valence-corrected chi connectivity index (χ4v) is 2.22. The molecule has 0 saturated heterocycles. The molecule has 0 fully saturated rings. The second-order valence-corrected chi connectivity index (χ2v) is 4.92. The standard InChI is InChI=1S/C15H14ClFN2O/c1-9-3-2-4-11(7-9)19-14(15(18)20)12-6-5-10(17)8-13(12)16/h2-8,14,19H,1H3,(H2,18,20). The van der Waals surface area contributed by atoms with E-state index in [1.807, 2.05) is 31.2 Å². The summed E-state index contributed by atoms with van der Waals surface area (Å²) in [5, 5.41) is 3.18. The molecule has 3 N–H and O–H groups in total. The Morgan fingerprint density at radius 3 is 2.65 bits per heavy atom. The topological polar surface area (TPSA) is 55.1 Å². The van der Waals surface area contributed by atoms with E-state index < -0.39 is 17.8 Å². The van der Waals surface area contributed by atoms with Gasteiger partial charge in [0, 0.05) is 16.3 Å². The third-order valence-electron chi connectivity index (χ3n) is 2.89. The first-order chi connectivity index (χ1) is 9.47. The molecule has 0 bridgehead atoms. The quantitative estimate of drug-likeness (QED) is 0.907. The molecule has 1 amide bonds. The zero-order chi connectivity index (χ0) is 14.7. The monoisotopic (exact) mass is 292 g/mol. The summed E-state index contributed by atoms with van der Waals surface area (Å²) in [6.45, 7) is 1.94. The van der Waals surface area contributed by atoms with Crippen molar-refractivity contribution in [3.63, 3.8) is 0 Å². The van der Waals surface area contributed by atoms with Crippen LogP contribution in [-0.2, 0) is 4.79 Å². The van der Waals surface area contributed by atoms with Crippen LogP contribution in [-0.4, -0.2) is 5.91 Å². The Kier molecular flexibility index (Phi) is 4.25. The van der Waals surface area contributed by atoms with Crippen LogP contribution in [0.2, 0.25) is 5.02 Å². The Morgan fingerprint density at radius 2 is 2.05 bits per heavy atom. The molecular formula is C15H14ClFN2O. The average molecular weight is 293 g/mol. The third kappa shape index (κ3) is 3.27. The Balaban J connectivity index is 2.34. The molecule has 0 heterocycles. The van der Waals surface area contributed by atoms with E-state index in [-0.39, 0.29) is 5.02 Å². The van der Waals surface area contributed by atoms with Crippen molar-refractivity contribution in [2.24, 2.45) is 5.73 Å². The molecule has 104 valence electrons. The number of anilines is 1. The van der Waals surface area contributed by atoms with E-state index in [0.29, 0.717) is 5.56 Å². The maximum absolute atomic E-state index is 13.1. The summed E-state index contributed by atoms with van der Waals surface area (Å²) < 4.78 is 13.1. The van der Waals surface area contributed by atoms with Crippen LogP contribution >= 0.6 is 11.6 Å². The second kappa shape index (κ2) is 5.92.